The summed E-state index contributed by atoms with van der Waals surface area (Å²) in [7, 11) is 3.12. The number of amidine groups is 1. The average Bonchev–Trinajstić information content (AvgIpc) is 3.77. The molecule has 1 aromatic carbocycles. The molecule has 5 rings (SSSR count). The third-order valence-corrected chi connectivity index (χ3v) is 12.9. The minimum atomic E-state index is 0.131. The number of nitrogens with two attached hydrogens (primary N) is 3. The highest BCUT2D eigenvalue weighted by molar-refractivity contribution is 8.00. The number of hydrogen-bond acceptors (Lipinski definition) is 12. The molecule has 3 heterocycles. The van der Waals surface area contributed by atoms with Gasteiger partial charge in [-0.05, 0) is 111 Å². The molecule has 1 fully saturated rings. The molecule has 4 aromatic rings. The van der Waals surface area contributed by atoms with Gasteiger partial charge in [0, 0.05) is 21.1 Å². The molecule has 0 spiro atoms. The van der Waals surface area contributed by atoms with Gasteiger partial charge in [-0.15, -0.1) is 45.8 Å². The van der Waals surface area contributed by atoms with Crippen LogP contribution in [0.25, 0.3) is 0 Å². The highest BCUT2D eigenvalue weighted by Crippen LogP contribution is 2.37. The molecule has 258 valence electrons. The number of hydrogen-bond donors (Lipinski definition) is 6. The number of methoxy groups -OCH3 is 2. The van der Waals surface area contributed by atoms with Crippen molar-refractivity contribution in [3.8, 4) is 0 Å². The Labute approximate surface area is 315 Å². The van der Waals surface area contributed by atoms with Crippen molar-refractivity contribution in [1.29, 1.82) is 5.41 Å². The first-order chi connectivity index (χ1) is 22.9. The molecule has 1 aliphatic rings. The number of aryl methyl sites for hydroxylation is 2. The van der Waals surface area contributed by atoms with Crippen molar-refractivity contribution in [1.82, 2.24) is 0 Å². The Morgan fingerprint density at radius 2 is 1.40 bits per heavy atom. The SMILES string of the molecule is COC(=S)c1cc(N)c(C)s1.COC(=S)c1cc(NC(N)=S)c(C)s1.CSc1sc(C(=N)N)cc1Nc1ccc(C2CCCCC2)cc1. The lowest BCUT2D eigenvalue weighted by atomic mass is 9.84. The fourth-order valence-corrected chi connectivity index (χ4v) is 8.68. The second-order valence-electron chi connectivity index (χ2n) is 10.7. The largest absolute Gasteiger partial charge is 0.486 e. The molecule has 8 nitrogen and oxygen atoms in total. The van der Waals surface area contributed by atoms with E-state index in [1.54, 1.807) is 60.0 Å². The van der Waals surface area contributed by atoms with Gasteiger partial charge in [0.2, 0.25) is 10.1 Å². The van der Waals surface area contributed by atoms with Crippen molar-refractivity contribution in [2.45, 2.75) is 56.1 Å². The Bertz CT molecular complexity index is 1690. The number of nitrogens with one attached hydrogen (secondary N) is 3. The second-order valence-corrected chi connectivity index (χ2v) is 16.5. The van der Waals surface area contributed by atoms with Crippen LogP contribution in [0.3, 0.4) is 0 Å². The molecule has 9 N–H and O–H groups in total. The molecule has 0 radical (unpaired) electrons. The summed E-state index contributed by atoms with van der Waals surface area (Å²) in [5, 5.41) is 15.2. The first-order valence-corrected chi connectivity index (χ1v) is 19.8. The minimum Gasteiger partial charge on any atom is -0.486 e. The summed E-state index contributed by atoms with van der Waals surface area (Å²) in [5.74, 6) is 0.871. The summed E-state index contributed by atoms with van der Waals surface area (Å²) in [4.78, 5) is 4.80. The first kappa shape index (κ1) is 39.6. The number of thiocarbonyl (C=S) groups is 3. The molecular formula is C33H42N6O2S7. The van der Waals surface area contributed by atoms with E-state index in [9.17, 15) is 0 Å². The molecule has 0 unspecified atom stereocenters. The fraction of sp³-hybridized carbons (Fsp3) is 0.333. The van der Waals surface area contributed by atoms with E-state index in [1.165, 1.54) is 37.7 Å². The van der Waals surface area contributed by atoms with E-state index >= 15 is 0 Å². The van der Waals surface area contributed by atoms with Crippen LogP contribution in [-0.4, -0.2) is 41.5 Å². The standard InChI is InChI=1S/C18H23N3S2.C8H10N2OS3.C7H9NOS2/c1-22-18-15(11-16(23-18)17(19)20)21-14-9-7-13(8-10-14)12-5-3-2-4-6-12;1-4-5(10-8(9)13)3-6(14-4)7(12)11-2;1-4-5(8)3-6(11-4)7(10)9-2/h7-12,21H,2-6H2,1H3,(H3,19,20);3H,1-2H3,(H3,9,10,13);3H,8H2,1-2H3. The van der Waals surface area contributed by atoms with E-state index in [-0.39, 0.29) is 10.9 Å². The van der Waals surface area contributed by atoms with Crippen LogP contribution in [0.1, 0.15) is 68.0 Å². The molecule has 3 aromatic heterocycles. The third-order valence-electron chi connectivity index (χ3n) is 7.32. The normalized spacial score (nSPS) is 12.4. The molecule has 48 heavy (non-hydrogen) atoms. The molecule has 0 aliphatic heterocycles. The lowest BCUT2D eigenvalue weighted by molar-refractivity contribution is 0.417. The monoisotopic (exact) mass is 778 g/mol. The average molecular weight is 779 g/mol. The lowest BCUT2D eigenvalue weighted by Crippen LogP contribution is -2.18. The van der Waals surface area contributed by atoms with Gasteiger partial charge < -0.3 is 37.3 Å². The Hall–Kier alpha value is -2.79. The van der Waals surface area contributed by atoms with E-state index in [0.717, 1.165) is 57.3 Å². The van der Waals surface area contributed by atoms with Crippen molar-refractivity contribution in [2.24, 2.45) is 11.5 Å². The first-order valence-electron chi connectivity index (χ1n) is 14.9. The van der Waals surface area contributed by atoms with Gasteiger partial charge in [0.15, 0.2) is 5.11 Å². The Morgan fingerprint density at radius 3 is 1.90 bits per heavy atom. The molecule has 0 amide bonds. The van der Waals surface area contributed by atoms with Crippen LogP contribution in [0.4, 0.5) is 22.7 Å². The molecule has 0 saturated heterocycles. The maximum Gasteiger partial charge on any atom is 0.201 e. The predicted octanol–water partition coefficient (Wildman–Crippen LogP) is 9.54. The van der Waals surface area contributed by atoms with E-state index < -0.39 is 0 Å². The summed E-state index contributed by atoms with van der Waals surface area (Å²) >= 11 is 21.0. The quantitative estimate of drug-likeness (QED) is 0.0440. The van der Waals surface area contributed by atoms with Crippen molar-refractivity contribution >= 4 is 126 Å². The number of rotatable bonds is 8. The topological polar surface area (TPSA) is 144 Å². The molecule has 1 aliphatic carbocycles. The van der Waals surface area contributed by atoms with Crippen LogP contribution >= 0.6 is 82.4 Å². The van der Waals surface area contributed by atoms with Crippen LogP contribution < -0.4 is 27.8 Å². The zero-order chi connectivity index (χ0) is 35.4. The van der Waals surface area contributed by atoms with Gasteiger partial charge in [-0.2, -0.15) is 0 Å². The highest BCUT2D eigenvalue weighted by atomic mass is 32.2. The van der Waals surface area contributed by atoms with Crippen LogP contribution in [0.15, 0.2) is 46.7 Å². The Kier molecular flexibility index (Phi) is 16.0. The molecular weight excluding hydrogens is 737 g/mol. The second kappa shape index (κ2) is 19.4. The highest BCUT2D eigenvalue weighted by Gasteiger charge is 2.16. The molecule has 0 atom stereocenters. The van der Waals surface area contributed by atoms with Crippen LogP contribution in [0.5, 0.6) is 0 Å². The smallest absolute Gasteiger partial charge is 0.201 e. The van der Waals surface area contributed by atoms with Crippen molar-refractivity contribution in [3.05, 3.63) is 72.4 Å². The molecule has 15 heteroatoms. The van der Waals surface area contributed by atoms with Gasteiger partial charge in [-0.25, -0.2) is 0 Å². The van der Waals surface area contributed by atoms with Crippen molar-refractivity contribution in [3.63, 3.8) is 0 Å². The predicted molar refractivity (Wildman–Crippen MR) is 223 cm³/mol. The number of thioether (sulfide) groups is 1. The lowest BCUT2D eigenvalue weighted by Gasteiger charge is -2.22. The summed E-state index contributed by atoms with van der Waals surface area (Å²) in [6.45, 7) is 3.93. The summed E-state index contributed by atoms with van der Waals surface area (Å²) in [6, 6.07) is 14.5. The van der Waals surface area contributed by atoms with Crippen LogP contribution in [-0.2, 0) is 9.47 Å². The number of anilines is 4. The van der Waals surface area contributed by atoms with E-state index in [4.69, 9.17) is 68.7 Å². The fourth-order valence-electron chi connectivity index (χ4n) is 4.81. The summed E-state index contributed by atoms with van der Waals surface area (Å²) in [5.41, 5.74) is 21.9. The maximum absolute atomic E-state index is 7.59. The zero-order valence-corrected chi connectivity index (χ0v) is 33.3. The number of nitrogen functional groups attached to an aromatic ring is 2. The van der Waals surface area contributed by atoms with Gasteiger partial charge in [-0.3, -0.25) is 5.41 Å². The van der Waals surface area contributed by atoms with E-state index in [0.29, 0.717) is 10.1 Å². The maximum atomic E-state index is 7.59. The molecule has 1 saturated carbocycles. The third kappa shape index (κ3) is 11.7. The summed E-state index contributed by atoms with van der Waals surface area (Å²) < 4.78 is 11.0. The zero-order valence-electron chi connectivity index (χ0n) is 27.6. The Morgan fingerprint density at radius 1 is 0.833 bits per heavy atom. The van der Waals surface area contributed by atoms with Gasteiger partial charge in [-0.1, -0.05) is 31.4 Å². The van der Waals surface area contributed by atoms with E-state index in [2.05, 4.69) is 34.9 Å². The summed E-state index contributed by atoms with van der Waals surface area (Å²) in [6.07, 6.45) is 8.83. The number of thiophene rings is 3. The van der Waals surface area contributed by atoms with Gasteiger partial charge in [0.25, 0.3) is 0 Å². The molecule has 0 bridgehead atoms. The van der Waals surface area contributed by atoms with Crippen molar-refractivity contribution in [2.75, 3.05) is 36.8 Å². The van der Waals surface area contributed by atoms with Gasteiger partial charge >= 0.3 is 0 Å². The van der Waals surface area contributed by atoms with Crippen LogP contribution in [0, 0.1) is 19.3 Å². The van der Waals surface area contributed by atoms with Gasteiger partial charge in [0.05, 0.1) is 44.4 Å². The van der Waals surface area contributed by atoms with Crippen molar-refractivity contribution < 1.29 is 9.47 Å². The number of ether oxygens (including phenoxy) is 2. The Balaban J connectivity index is 0.000000214. The minimum absolute atomic E-state index is 0.131. The van der Waals surface area contributed by atoms with Crippen LogP contribution in [0.2, 0.25) is 0 Å². The van der Waals surface area contributed by atoms with E-state index in [1.807, 2.05) is 38.3 Å². The number of benzene rings is 1. The van der Waals surface area contributed by atoms with Gasteiger partial charge in [0.1, 0.15) is 5.84 Å².